The fourth-order valence-corrected chi connectivity index (χ4v) is 5.01. The minimum absolute atomic E-state index is 0.0263. The summed E-state index contributed by atoms with van der Waals surface area (Å²) in [6.07, 6.45) is 6.51. The minimum atomic E-state index is -0.0472. The maximum Gasteiger partial charge on any atom is 0.254 e. The minimum Gasteiger partial charge on any atom is -0.493 e. The van der Waals surface area contributed by atoms with E-state index < -0.39 is 0 Å². The normalized spacial score (nSPS) is 26.0. The van der Waals surface area contributed by atoms with E-state index in [4.69, 9.17) is 9.47 Å². The number of carbonyl (C=O) groups is 2. The van der Waals surface area contributed by atoms with Crippen molar-refractivity contribution in [1.82, 2.24) is 4.90 Å². The lowest BCUT2D eigenvalue weighted by Crippen LogP contribution is -2.47. The number of ether oxygens (including phenoxy) is 2. The summed E-state index contributed by atoms with van der Waals surface area (Å²) in [6.45, 7) is 0.183. The van der Waals surface area contributed by atoms with Crippen molar-refractivity contribution >= 4 is 17.5 Å². The highest BCUT2D eigenvalue weighted by Crippen LogP contribution is 2.42. The number of aliphatic hydroxyl groups excluding tert-OH is 1. The molecule has 1 aliphatic carbocycles. The molecule has 29 heavy (non-hydrogen) atoms. The molecule has 2 bridgehead atoms. The van der Waals surface area contributed by atoms with E-state index in [1.54, 1.807) is 12.1 Å². The molecule has 2 heterocycles. The van der Waals surface area contributed by atoms with Crippen molar-refractivity contribution in [2.24, 2.45) is 11.8 Å². The van der Waals surface area contributed by atoms with Crippen molar-refractivity contribution in [3.05, 3.63) is 17.7 Å². The fourth-order valence-electron chi connectivity index (χ4n) is 5.01. The molecule has 2 aliphatic heterocycles. The van der Waals surface area contributed by atoms with Gasteiger partial charge in [0.15, 0.2) is 11.5 Å². The lowest BCUT2D eigenvalue weighted by atomic mass is 9.85. The molecule has 2 amide bonds. The van der Waals surface area contributed by atoms with Gasteiger partial charge in [0, 0.05) is 30.2 Å². The third-order valence-corrected chi connectivity index (χ3v) is 6.78. The summed E-state index contributed by atoms with van der Waals surface area (Å²) >= 11 is 0. The zero-order valence-corrected chi connectivity index (χ0v) is 17.1. The Kier molecular flexibility index (Phi) is 5.67. The van der Waals surface area contributed by atoms with Crippen LogP contribution in [0.2, 0.25) is 0 Å². The first kappa shape index (κ1) is 20.0. The second kappa shape index (κ2) is 8.22. The smallest absolute Gasteiger partial charge is 0.254 e. The van der Waals surface area contributed by atoms with Gasteiger partial charge in [0.05, 0.1) is 19.9 Å². The standard InChI is InChI=1S/C22H30N2O5/c1-28-19-11-15(10-18(20(19)29-2)23-21(26)14-4-3-5-14)22(27)24-16-6-7-17(24)9-13(8-16)12-25/h10-11,13-14,16-17,25H,3-9,12H2,1-2H3,(H,23,26)/t13?,16-,17+. The highest BCUT2D eigenvalue weighted by atomic mass is 16.5. The number of benzene rings is 1. The zero-order chi connectivity index (χ0) is 20.5. The lowest BCUT2D eigenvalue weighted by molar-refractivity contribution is -0.122. The van der Waals surface area contributed by atoms with Crippen molar-refractivity contribution in [2.45, 2.75) is 57.0 Å². The van der Waals surface area contributed by atoms with Gasteiger partial charge in [0.25, 0.3) is 5.91 Å². The topological polar surface area (TPSA) is 88.1 Å². The number of methoxy groups -OCH3 is 2. The zero-order valence-electron chi connectivity index (χ0n) is 17.1. The highest BCUT2D eigenvalue weighted by Gasteiger charge is 2.43. The maximum atomic E-state index is 13.4. The van der Waals surface area contributed by atoms with Crippen LogP contribution in [-0.2, 0) is 4.79 Å². The van der Waals surface area contributed by atoms with Crippen LogP contribution in [0.1, 0.15) is 55.3 Å². The summed E-state index contributed by atoms with van der Waals surface area (Å²) in [7, 11) is 3.05. The first-order chi connectivity index (χ1) is 14.0. The molecule has 3 aliphatic rings. The molecule has 1 aromatic rings. The molecule has 2 N–H and O–H groups in total. The van der Waals surface area contributed by atoms with Crippen molar-refractivity contribution in [3.63, 3.8) is 0 Å². The maximum absolute atomic E-state index is 13.4. The Balaban J connectivity index is 1.62. The Bertz CT molecular complexity index is 778. The molecule has 0 radical (unpaired) electrons. The Morgan fingerprint density at radius 1 is 1.10 bits per heavy atom. The fraction of sp³-hybridized carbons (Fsp3) is 0.636. The predicted molar refractivity (Wildman–Crippen MR) is 108 cm³/mol. The van der Waals surface area contributed by atoms with Gasteiger partial charge in [-0.15, -0.1) is 0 Å². The van der Waals surface area contributed by atoms with E-state index in [9.17, 15) is 14.7 Å². The first-order valence-corrected chi connectivity index (χ1v) is 10.6. The first-order valence-electron chi connectivity index (χ1n) is 10.6. The van der Waals surface area contributed by atoms with Crippen molar-refractivity contribution < 1.29 is 24.2 Å². The van der Waals surface area contributed by atoms with Gasteiger partial charge in [-0.05, 0) is 56.6 Å². The average molecular weight is 402 g/mol. The van der Waals surface area contributed by atoms with Crippen LogP contribution in [0.4, 0.5) is 5.69 Å². The molecule has 3 fully saturated rings. The second-order valence-corrected chi connectivity index (χ2v) is 8.49. The van der Waals surface area contributed by atoms with E-state index in [1.807, 2.05) is 4.90 Å². The summed E-state index contributed by atoms with van der Waals surface area (Å²) in [5.74, 6) is 1.08. The van der Waals surface area contributed by atoms with Crippen LogP contribution >= 0.6 is 0 Å². The van der Waals surface area contributed by atoms with Gasteiger partial charge in [-0.25, -0.2) is 0 Å². The molecular weight excluding hydrogens is 372 g/mol. The number of hydrogen-bond donors (Lipinski definition) is 2. The van der Waals surface area contributed by atoms with E-state index in [2.05, 4.69) is 5.32 Å². The number of aliphatic hydroxyl groups is 1. The van der Waals surface area contributed by atoms with E-state index in [-0.39, 0.29) is 42.3 Å². The monoisotopic (exact) mass is 402 g/mol. The summed E-state index contributed by atoms with van der Waals surface area (Å²) in [4.78, 5) is 27.9. The third kappa shape index (κ3) is 3.68. The van der Waals surface area contributed by atoms with E-state index >= 15 is 0 Å². The van der Waals surface area contributed by atoms with Crippen LogP contribution in [0, 0.1) is 11.8 Å². The largest absolute Gasteiger partial charge is 0.493 e. The van der Waals surface area contributed by atoms with Crippen molar-refractivity contribution in [3.8, 4) is 11.5 Å². The summed E-state index contributed by atoms with van der Waals surface area (Å²) in [5, 5.41) is 12.5. The third-order valence-electron chi connectivity index (χ3n) is 6.78. The molecule has 7 heteroatoms. The van der Waals surface area contributed by atoms with E-state index in [1.165, 1.54) is 14.2 Å². The number of fused-ring (bicyclic) bond motifs is 2. The molecule has 1 saturated carbocycles. The number of rotatable bonds is 6. The average Bonchev–Trinajstić information content (AvgIpc) is 2.94. The van der Waals surface area contributed by atoms with E-state index in [0.717, 1.165) is 44.9 Å². The molecule has 2 saturated heterocycles. The predicted octanol–water partition coefficient (Wildman–Crippen LogP) is 2.82. The number of hydrogen-bond acceptors (Lipinski definition) is 5. The molecule has 0 aromatic heterocycles. The van der Waals surface area contributed by atoms with Gasteiger partial charge in [-0.3, -0.25) is 9.59 Å². The Morgan fingerprint density at radius 3 is 2.31 bits per heavy atom. The van der Waals surface area contributed by atoms with Gasteiger partial charge in [0.1, 0.15) is 0 Å². The molecule has 158 valence electrons. The summed E-state index contributed by atoms with van der Waals surface area (Å²) in [5.41, 5.74) is 0.968. The lowest BCUT2D eigenvalue weighted by Gasteiger charge is -2.38. The molecule has 0 spiro atoms. The summed E-state index contributed by atoms with van der Waals surface area (Å²) in [6, 6.07) is 3.73. The van der Waals surface area contributed by atoms with Crippen LogP contribution in [0.25, 0.3) is 0 Å². The number of piperidine rings is 1. The van der Waals surface area contributed by atoms with Crippen LogP contribution in [0.5, 0.6) is 11.5 Å². The second-order valence-electron chi connectivity index (χ2n) is 8.49. The molecule has 1 aromatic carbocycles. The summed E-state index contributed by atoms with van der Waals surface area (Å²) < 4.78 is 10.9. The number of amides is 2. The number of nitrogens with one attached hydrogen (secondary N) is 1. The quantitative estimate of drug-likeness (QED) is 0.764. The molecule has 4 rings (SSSR count). The van der Waals surface area contributed by atoms with Crippen LogP contribution in [0.15, 0.2) is 12.1 Å². The molecule has 1 unspecified atom stereocenters. The number of nitrogens with zero attached hydrogens (tertiary/aromatic N) is 1. The van der Waals surface area contributed by atoms with Gasteiger partial charge in [-0.1, -0.05) is 6.42 Å². The van der Waals surface area contributed by atoms with Gasteiger partial charge >= 0.3 is 0 Å². The Labute approximate surface area is 171 Å². The Hall–Kier alpha value is -2.28. The van der Waals surface area contributed by atoms with Gasteiger partial charge in [0.2, 0.25) is 5.91 Å². The molecular formula is C22H30N2O5. The van der Waals surface area contributed by atoms with Crippen LogP contribution < -0.4 is 14.8 Å². The van der Waals surface area contributed by atoms with Gasteiger partial charge < -0.3 is 24.8 Å². The van der Waals surface area contributed by atoms with Crippen LogP contribution in [0.3, 0.4) is 0 Å². The highest BCUT2D eigenvalue weighted by molar-refractivity contribution is 6.00. The number of carbonyl (C=O) groups excluding carboxylic acids is 2. The SMILES string of the molecule is COc1cc(C(=O)N2[C@@H]3CC[C@H]2CC(CO)C3)cc(NC(=O)C2CCC2)c1OC. The number of anilines is 1. The molecule has 3 atom stereocenters. The van der Waals surface area contributed by atoms with Crippen molar-refractivity contribution in [1.29, 1.82) is 0 Å². The van der Waals surface area contributed by atoms with E-state index in [0.29, 0.717) is 22.7 Å². The van der Waals surface area contributed by atoms with Crippen LogP contribution in [-0.4, -0.2) is 54.7 Å². The van der Waals surface area contributed by atoms with Crippen molar-refractivity contribution in [2.75, 3.05) is 26.1 Å². The Morgan fingerprint density at radius 2 is 1.79 bits per heavy atom. The van der Waals surface area contributed by atoms with Gasteiger partial charge in [-0.2, -0.15) is 0 Å². The molecule has 7 nitrogen and oxygen atoms in total.